The maximum Gasteiger partial charge on any atom is 0.337 e. The molecular weight excluding hydrogens is 342 g/mol. The van der Waals surface area contributed by atoms with Crippen molar-refractivity contribution in [3.05, 3.63) is 53.9 Å². The van der Waals surface area contributed by atoms with Crippen LogP contribution in [0.3, 0.4) is 0 Å². The van der Waals surface area contributed by atoms with E-state index in [1.165, 1.54) is 26.4 Å². The fourth-order valence-corrected chi connectivity index (χ4v) is 3.52. The summed E-state index contributed by atoms with van der Waals surface area (Å²) >= 11 is 0. The van der Waals surface area contributed by atoms with Gasteiger partial charge in [0, 0.05) is 30.2 Å². The van der Waals surface area contributed by atoms with Crippen molar-refractivity contribution < 1.29 is 14.3 Å². The van der Waals surface area contributed by atoms with Gasteiger partial charge in [0.1, 0.15) is 5.69 Å². The van der Waals surface area contributed by atoms with Gasteiger partial charge < -0.3 is 15.0 Å². The highest BCUT2D eigenvalue weighted by Crippen LogP contribution is 2.26. The highest BCUT2D eigenvalue weighted by molar-refractivity contribution is 6.04. The number of benzene rings is 1. The summed E-state index contributed by atoms with van der Waals surface area (Å²) in [6, 6.07) is 11.0. The fraction of sp³-hybridized carbons (Fsp3) is 0.381. The number of hydrogen-bond donors (Lipinski definition) is 1. The number of nitrogens with one attached hydrogen (secondary N) is 1. The van der Waals surface area contributed by atoms with Crippen LogP contribution in [-0.2, 0) is 4.74 Å². The lowest BCUT2D eigenvalue weighted by Crippen LogP contribution is -2.39. The largest absolute Gasteiger partial charge is 0.465 e. The Morgan fingerprint density at radius 2 is 2.11 bits per heavy atom. The number of hydrogen-bond acceptors (Lipinski definition) is 5. The summed E-state index contributed by atoms with van der Waals surface area (Å²) < 4.78 is 4.71. The molecule has 2 heterocycles. The molecule has 1 aliphatic heterocycles. The molecule has 0 aliphatic carbocycles. The molecule has 1 amide bonds. The minimum absolute atomic E-state index is 0.302. The Morgan fingerprint density at radius 1 is 1.26 bits per heavy atom. The van der Waals surface area contributed by atoms with Gasteiger partial charge >= 0.3 is 5.97 Å². The number of carbonyl (C=O) groups is 2. The summed E-state index contributed by atoms with van der Waals surface area (Å²) in [6.07, 6.45) is 6.37. The molecule has 6 heteroatoms. The Labute approximate surface area is 159 Å². The first-order chi connectivity index (χ1) is 13.1. The number of rotatable bonds is 5. The summed E-state index contributed by atoms with van der Waals surface area (Å²) in [6.45, 7) is 3.21. The van der Waals surface area contributed by atoms with E-state index >= 15 is 0 Å². The van der Waals surface area contributed by atoms with Crippen LogP contribution >= 0.6 is 0 Å². The summed E-state index contributed by atoms with van der Waals surface area (Å²) in [5.74, 6) is -0.745. The van der Waals surface area contributed by atoms with E-state index in [-0.39, 0.29) is 5.91 Å². The van der Waals surface area contributed by atoms with Gasteiger partial charge in [-0.2, -0.15) is 0 Å². The predicted octanol–water partition coefficient (Wildman–Crippen LogP) is 3.89. The highest BCUT2D eigenvalue weighted by atomic mass is 16.5. The molecule has 2 aromatic rings. The number of amides is 1. The average Bonchev–Trinajstić information content (AvgIpc) is 2.73. The predicted molar refractivity (Wildman–Crippen MR) is 105 cm³/mol. The molecule has 6 nitrogen and oxygen atoms in total. The smallest absolute Gasteiger partial charge is 0.337 e. The molecule has 0 radical (unpaired) electrons. The molecule has 0 saturated carbocycles. The van der Waals surface area contributed by atoms with Gasteiger partial charge in [-0.15, -0.1) is 0 Å². The van der Waals surface area contributed by atoms with E-state index in [1.54, 1.807) is 30.5 Å². The number of esters is 1. The van der Waals surface area contributed by atoms with Crippen LogP contribution in [0, 0.1) is 0 Å². The SMILES string of the molecule is CCC1CCCCN1c1ccnc(C(=O)Nc2cccc(C(=O)OC)c2)c1. The van der Waals surface area contributed by atoms with E-state index in [0.29, 0.717) is 23.0 Å². The zero-order chi connectivity index (χ0) is 19.2. The number of anilines is 2. The van der Waals surface area contributed by atoms with Crippen molar-refractivity contribution in [2.24, 2.45) is 0 Å². The second kappa shape index (κ2) is 8.66. The van der Waals surface area contributed by atoms with Crippen LogP contribution in [0.15, 0.2) is 42.6 Å². The minimum Gasteiger partial charge on any atom is -0.465 e. The van der Waals surface area contributed by atoms with Gasteiger partial charge in [-0.25, -0.2) is 4.79 Å². The molecule has 1 atom stereocenters. The molecule has 1 fully saturated rings. The number of aromatic nitrogens is 1. The maximum atomic E-state index is 12.6. The van der Waals surface area contributed by atoms with Crippen molar-refractivity contribution in [2.45, 2.75) is 38.6 Å². The molecule has 1 aromatic carbocycles. The summed E-state index contributed by atoms with van der Waals surface area (Å²) in [5.41, 5.74) is 2.30. The molecular formula is C21H25N3O3. The normalized spacial score (nSPS) is 16.7. The van der Waals surface area contributed by atoms with Crippen LogP contribution < -0.4 is 10.2 Å². The molecule has 1 N–H and O–H groups in total. The quantitative estimate of drug-likeness (QED) is 0.812. The molecule has 0 spiro atoms. The van der Waals surface area contributed by atoms with Crippen LogP contribution in [0.5, 0.6) is 0 Å². The Kier molecular flexibility index (Phi) is 6.06. The van der Waals surface area contributed by atoms with Crippen LogP contribution in [-0.4, -0.2) is 36.6 Å². The van der Waals surface area contributed by atoms with Crippen LogP contribution in [0.1, 0.15) is 53.5 Å². The van der Waals surface area contributed by atoms with Gasteiger partial charge in [0.15, 0.2) is 0 Å². The van der Waals surface area contributed by atoms with E-state index in [2.05, 4.69) is 22.1 Å². The van der Waals surface area contributed by atoms with E-state index in [1.807, 2.05) is 12.1 Å². The third-order valence-electron chi connectivity index (χ3n) is 4.95. The van der Waals surface area contributed by atoms with Crippen molar-refractivity contribution in [2.75, 3.05) is 23.9 Å². The Hall–Kier alpha value is -2.89. The zero-order valence-corrected chi connectivity index (χ0v) is 15.8. The number of methoxy groups -OCH3 is 1. The second-order valence-corrected chi connectivity index (χ2v) is 6.68. The molecule has 1 saturated heterocycles. The average molecular weight is 367 g/mol. The lowest BCUT2D eigenvalue weighted by molar-refractivity contribution is 0.0600. The highest BCUT2D eigenvalue weighted by Gasteiger charge is 2.22. The first kappa shape index (κ1) is 18.9. The van der Waals surface area contributed by atoms with Gasteiger partial charge in [-0.3, -0.25) is 9.78 Å². The molecule has 27 heavy (non-hydrogen) atoms. The monoisotopic (exact) mass is 367 g/mol. The molecule has 1 aromatic heterocycles. The van der Waals surface area contributed by atoms with Gasteiger partial charge in [0.05, 0.1) is 12.7 Å². The zero-order valence-electron chi connectivity index (χ0n) is 15.8. The molecule has 142 valence electrons. The van der Waals surface area contributed by atoms with E-state index < -0.39 is 5.97 Å². The van der Waals surface area contributed by atoms with Crippen molar-refractivity contribution in [3.8, 4) is 0 Å². The van der Waals surface area contributed by atoms with Crippen molar-refractivity contribution in [1.29, 1.82) is 0 Å². The Morgan fingerprint density at radius 3 is 2.89 bits per heavy atom. The fourth-order valence-electron chi connectivity index (χ4n) is 3.52. The van der Waals surface area contributed by atoms with Crippen molar-refractivity contribution >= 4 is 23.3 Å². The third-order valence-corrected chi connectivity index (χ3v) is 4.95. The Balaban J connectivity index is 1.77. The van der Waals surface area contributed by atoms with Crippen molar-refractivity contribution in [3.63, 3.8) is 0 Å². The van der Waals surface area contributed by atoms with Crippen molar-refractivity contribution in [1.82, 2.24) is 4.98 Å². The number of carbonyl (C=O) groups excluding carboxylic acids is 2. The molecule has 3 rings (SSSR count). The summed E-state index contributed by atoms with van der Waals surface area (Å²) in [7, 11) is 1.33. The first-order valence-corrected chi connectivity index (χ1v) is 9.34. The molecule has 1 aliphatic rings. The third kappa shape index (κ3) is 4.45. The lowest BCUT2D eigenvalue weighted by Gasteiger charge is -2.37. The number of nitrogens with zero attached hydrogens (tertiary/aromatic N) is 2. The van der Waals surface area contributed by atoms with Gasteiger partial charge in [0.2, 0.25) is 0 Å². The van der Waals surface area contributed by atoms with Gasteiger partial charge in [-0.1, -0.05) is 13.0 Å². The Bertz CT molecular complexity index is 822. The van der Waals surface area contributed by atoms with Gasteiger partial charge in [-0.05, 0) is 56.0 Å². The maximum absolute atomic E-state index is 12.6. The number of ether oxygens (including phenoxy) is 1. The van der Waals surface area contributed by atoms with E-state index in [4.69, 9.17) is 4.74 Å². The summed E-state index contributed by atoms with van der Waals surface area (Å²) in [4.78, 5) is 30.9. The second-order valence-electron chi connectivity index (χ2n) is 6.68. The molecule has 0 bridgehead atoms. The van der Waals surface area contributed by atoms with Gasteiger partial charge in [0.25, 0.3) is 5.91 Å². The summed E-state index contributed by atoms with van der Waals surface area (Å²) in [5, 5.41) is 2.81. The number of pyridine rings is 1. The van der Waals surface area contributed by atoms with Crippen LogP contribution in [0.4, 0.5) is 11.4 Å². The minimum atomic E-state index is -0.443. The lowest BCUT2D eigenvalue weighted by atomic mass is 9.99. The van der Waals surface area contributed by atoms with Crippen LogP contribution in [0.25, 0.3) is 0 Å². The molecule has 1 unspecified atom stereocenters. The topological polar surface area (TPSA) is 71.5 Å². The number of piperidine rings is 1. The van der Waals surface area contributed by atoms with E-state index in [9.17, 15) is 9.59 Å². The first-order valence-electron chi connectivity index (χ1n) is 9.34. The van der Waals surface area contributed by atoms with E-state index in [0.717, 1.165) is 18.7 Å². The standard InChI is InChI=1S/C21H25N3O3/c1-3-17-9-4-5-12-24(17)18-10-11-22-19(14-18)20(25)23-16-8-6-7-15(13-16)21(26)27-2/h6-8,10-11,13-14,17H,3-5,9,12H2,1-2H3,(H,23,25). The van der Waals surface area contributed by atoms with Crippen LogP contribution in [0.2, 0.25) is 0 Å².